The first-order chi connectivity index (χ1) is 11.0. The van der Waals surface area contributed by atoms with Crippen molar-refractivity contribution in [3.63, 3.8) is 0 Å². The first-order valence-corrected chi connectivity index (χ1v) is 7.22. The molecule has 6 nitrogen and oxygen atoms in total. The van der Waals surface area contributed by atoms with Crippen LogP contribution in [0.2, 0.25) is 5.02 Å². The monoisotopic (exact) mass is 333 g/mol. The summed E-state index contributed by atoms with van der Waals surface area (Å²) in [5, 5.41) is 6.16. The van der Waals surface area contributed by atoms with Crippen molar-refractivity contribution in [2.45, 2.75) is 13.0 Å². The van der Waals surface area contributed by atoms with Crippen molar-refractivity contribution >= 4 is 40.7 Å². The number of amides is 2. The molecule has 0 saturated heterocycles. The van der Waals surface area contributed by atoms with Crippen LogP contribution >= 0.6 is 11.6 Å². The van der Waals surface area contributed by atoms with E-state index in [9.17, 15) is 9.59 Å². The Bertz CT molecular complexity index is 707. The predicted molar refractivity (Wildman–Crippen MR) is 89.9 cm³/mol. The minimum atomic E-state index is -1.03. The highest BCUT2D eigenvalue weighted by Crippen LogP contribution is 2.32. The molecule has 2 aromatic rings. The van der Waals surface area contributed by atoms with Gasteiger partial charge >= 0.3 is 6.09 Å². The number of hydrogen-bond donors (Lipinski definition) is 3. The molecule has 23 heavy (non-hydrogen) atoms. The molecule has 2 amide bonds. The van der Waals surface area contributed by atoms with Crippen LogP contribution in [-0.2, 0) is 9.53 Å². The van der Waals surface area contributed by atoms with E-state index in [0.717, 1.165) is 5.69 Å². The second-order valence-electron chi connectivity index (χ2n) is 4.72. The zero-order valence-electron chi connectivity index (χ0n) is 12.4. The largest absolute Gasteiger partial charge is 0.437 e. The van der Waals surface area contributed by atoms with Gasteiger partial charge in [0, 0.05) is 5.69 Å². The van der Waals surface area contributed by atoms with Crippen LogP contribution in [0, 0.1) is 0 Å². The number of primary amides is 1. The molecular weight excluding hydrogens is 318 g/mol. The Morgan fingerprint density at radius 1 is 1.13 bits per heavy atom. The van der Waals surface area contributed by atoms with Gasteiger partial charge in [0.25, 0.3) is 5.91 Å². The van der Waals surface area contributed by atoms with Gasteiger partial charge < -0.3 is 21.1 Å². The number of ether oxygens (including phenoxy) is 1. The topological polar surface area (TPSA) is 93.5 Å². The Balaban J connectivity index is 2.21. The number of halogens is 1. The van der Waals surface area contributed by atoms with Crippen LogP contribution in [0.15, 0.2) is 48.5 Å². The van der Waals surface area contributed by atoms with Crippen molar-refractivity contribution in [2.75, 3.05) is 10.6 Å². The number of carbonyl (C=O) groups is 2. The van der Waals surface area contributed by atoms with Gasteiger partial charge in [-0.1, -0.05) is 35.9 Å². The summed E-state index contributed by atoms with van der Waals surface area (Å²) in [7, 11) is 0. The van der Waals surface area contributed by atoms with Crippen LogP contribution in [0.5, 0.6) is 0 Å². The molecule has 7 heteroatoms. The second-order valence-corrected chi connectivity index (χ2v) is 5.13. The summed E-state index contributed by atoms with van der Waals surface area (Å²) in [6.07, 6.45) is -2.05. The van der Waals surface area contributed by atoms with Crippen LogP contribution in [0.25, 0.3) is 0 Å². The Morgan fingerprint density at radius 2 is 1.83 bits per heavy atom. The van der Waals surface area contributed by atoms with E-state index in [1.807, 2.05) is 30.3 Å². The SMILES string of the molecule is CC(OC(N)=O)C(=O)Nc1c(Cl)cccc1Nc1ccccc1. The summed E-state index contributed by atoms with van der Waals surface area (Å²) in [4.78, 5) is 22.8. The molecule has 0 bridgehead atoms. The fraction of sp³-hybridized carbons (Fsp3) is 0.125. The molecule has 1 atom stereocenters. The quantitative estimate of drug-likeness (QED) is 0.780. The molecule has 0 aromatic heterocycles. The lowest BCUT2D eigenvalue weighted by Crippen LogP contribution is -2.32. The van der Waals surface area contributed by atoms with E-state index in [-0.39, 0.29) is 0 Å². The maximum absolute atomic E-state index is 12.1. The van der Waals surface area contributed by atoms with Gasteiger partial charge in [-0.15, -0.1) is 0 Å². The fourth-order valence-electron chi connectivity index (χ4n) is 1.88. The summed E-state index contributed by atoms with van der Waals surface area (Å²) in [6.45, 7) is 1.42. The number of para-hydroxylation sites is 2. The van der Waals surface area contributed by atoms with Crippen molar-refractivity contribution in [2.24, 2.45) is 5.73 Å². The third kappa shape index (κ3) is 4.62. The Kier molecular flexibility index (Phi) is 5.43. The first kappa shape index (κ1) is 16.6. The van der Waals surface area contributed by atoms with E-state index in [0.29, 0.717) is 16.4 Å². The Morgan fingerprint density at radius 3 is 2.48 bits per heavy atom. The van der Waals surface area contributed by atoms with Gasteiger partial charge in [-0.25, -0.2) is 4.79 Å². The van der Waals surface area contributed by atoms with Gasteiger partial charge in [0.15, 0.2) is 6.10 Å². The highest BCUT2D eigenvalue weighted by molar-refractivity contribution is 6.34. The van der Waals surface area contributed by atoms with Crippen molar-refractivity contribution in [3.8, 4) is 0 Å². The lowest BCUT2D eigenvalue weighted by molar-refractivity contribution is -0.123. The standard InChI is InChI=1S/C16H16ClN3O3/c1-10(23-16(18)22)15(21)20-14-12(17)8-5-9-13(14)19-11-6-3-2-4-7-11/h2-10,19H,1H3,(H2,18,22)(H,20,21). The highest BCUT2D eigenvalue weighted by atomic mass is 35.5. The van der Waals surface area contributed by atoms with Gasteiger partial charge in [0.1, 0.15) is 0 Å². The van der Waals surface area contributed by atoms with Crippen molar-refractivity contribution in [3.05, 3.63) is 53.6 Å². The summed E-state index contributed by atoms with van der Waals surface area (Å²) in [5.41, 5.74) is 6.75. The Labute approximate surface area is 138 Å². The van der Waals surface area contributed by atoms with Crippen LogP contribution < -0.4 is 16.4 Å². The first-order valence-electron chi connectivity index (χ1n) is 6.85. The van der Waals surface area contributed by atoms with Crippen LogP contribution in [-0.4, -0.2) is 18.1 Å². The van der Waals surface area contributed by atoms with E-state index in [1.54, 1.807) is 18.2 Å². The van der Waals surface area contributed by atoms with E-state index in [1.165, 1.54) is 6.92 Å². The molecule has 0 aliphatic heterocycles. The smallest absolute Gasteiger partial charge is 0.405 e. The van der Waals surface area contributed by atoms with Crippen molar-refractivity contribution in [1.29, 1.82) is 0 Å². The maximum atomic E-state index is 12.1. The van der Waals surface area contributed by atoms with E-state index in [2.05, 4.69) is 15.4 Å². The number of anilines is 3. The fourth-order valence-corrected chi connectivity index (χ4v) is 2.11. The van der Waals surface area contributed by atoms with E-state index < -0.39 is 18.1 Å². The highest BCUT2D eigenvalue weighted by Gasteiger charge is 2.19. The van der Waals surface area contributed by atoms with Gasteiger partial charge in [0.2, 0.25) is 0 Å². The van der Waals surface area contributed by atoms with Crippen LogP contribution in [0.4, 0.5) is 21.9 Å². The summed E-state index contributed by atoms with van der Waals surface area (Å²) in [5.74, 6) is -0.534. The van der Waals surface area contributed by atoms with Gasteiger partial charge in [-0.05, 0) is 31.2 Å². The lowest BCUT2D eigenvalue weighted by atomic mass is 10.2. The molecule has 0 aliphatic rings. The third-order valence-electron chi connectivity index (χ3n) is 2.98. The number of hydrogen-bond acceptors (Lipinski definition) is 4. The lowest BCUT2D eigenvalue weighted by Gasteiger charge is -2.17. The molecule has 0 aliphatic carbocycles. The van der Waals surface area contributed by atoms with Gasteiger partial charge in [-0.2, -0.15) is 0 Å². The third-order valence-corrected chi connectivity index (χ3v) is 3.29. The molecule has 1 unspecified atom stereocenters. The average molecular weight is 334 g/mol. The minimum absolute atomic E-state index is 0.352. The van der Waals surface area contributed by atoms with E-state index >= 15 is 0 Å². The molecule has 0 spiro atoms. The van der Waals surface area contributed by atoms with E-state index in [4.69, 9.17) is 17.3 Å². The molecule has 0 radical (unpaired) electrons. The van der Waals surface area contributed by atoms with Crippen molar-refractivity contribution in [1.82, 2.24) is 0 Å². The number of nitrogens with two attached hydrogens (primary N) is 1. The van der Waals surface area contributed by atoms with Crippen LogP contribution in [0.3, 0.4) is 0 Å². The molecule has 120 valence electrons. The van der Waals surface area contributed by atoms with Gasteiger partial charge in [0.05, 0.1) is 16.4 Å². The zero-order chi connectivity index (χ0) is 16.8. The summed E-state index contributed by atoms with van der Waals surface area (Å²) in [6, 6.07) is 14.6. The number of rotatable bonds is 5. The molecule has 2 aromatic carbocycles. The normalized spacial score (nSPS) is 11.4. The number of nitrogens with one attached hydrogen (secondary N) is 2. The molecule has 2 rings (SSSR count). The van der Waals surface area contributed by atoms with Crippen molar-refractivity contribution < 1.29 is 14.3 Å². The maximum Gasteiger partial charge on any atom is 0.405 e. The molecule has 0 fully saturated rings. The Hall–Kier alpha value is -2.73. The molecule has 4 N–H and O–H groups in total. The molecule has 0 heterocycles. The second kappa shape index (κ2) is 7.51. The predicted octanol–water partition coefficient (Wildman–Crippen LogP) is 3.51. The summed E-state index contributed by atoms with van der Waals surface area (Å²) < 4.78 is 4.65. The van der Waals surface area contributed by atoms with Crippen LogP contribution in [0.1, 0.15) is 6.92 Å². The number of carbonyl (C=O) groups excluding carboxylic acids is 2. The zero-order valence-corrected chi connectivity index (χ0v) is 13.1. The minimum Gasteiger partial charge on any atom is -0.437 e. The summed E-state index contributed by atoms with van der Waals surface area (Å²) >= 11 is 6.16. The average Bonchev–Trinajstić information content (AvgIpc) is 2.51. The molecular formula is C16H16ClN3O3. The van der Waals surface area contributed by atoms with Gasteiger partial charge in [-0.3, -0.25) is 4.79 Å². The number of benzene rings is 2. The molecule has 0 saturated carbocycles.